The first-order chi connectivity index (χ1) is 16.5. The molecule has 1 unspecified atom stereocenters. The summed E-state index contributed by atoms with van der Waals surface area (Å²) in [7, 11) is 1.93. The number of nitrogens with one attached hydrogen (secondary N) is 1. The second kappa shape index (κ2) is 9.23. The Bertz CT molecular complexity index is 1330. The Labute approximate surface area is 202 Å². The van der Waals surface area contributed by atoms with E-state index in [-0.39, 0.29) is 18.2 Å². The molecular weight excluding hydrogens is 446 g/mol. The lowest BCUT2D eigenvalue weighted by Gasteiger charge is -2.16. The fraction of sp³-hybridized carbons (Fsp3) is 0.231. The summed E-state index contributed by atoms with van der Waals surface area (Å²) in [5, 5.41) is 3.47. The summed E-state index contributed by atoms with van der Waals surface area (Å²) in [6.07, 6.45) is 3.84. The monoisotopic (exact) mass is 471 g/mol. The fourth-order valence-electron chi connectivity index (χ4n) is 4.12. The molecule has 1 saturated heterocycles. The minimum atomic E-state index is -0.404. The minimum absolute atomic E-state index is 0.00135. The Balaban J connectivity index is 1.34. The van der Waals surface area contributed by atoms with Gasteiger partial charge in [0.15, 0.2) is 11.0 Å². The molecule has 1 atom stereocenters. The van der Waals surface area contributed by atoms with Crippen LogP contribution in [0.5, 0.6) is 0 Å². The van der Waals surface area contributed by atoms with E-state index in [4.69, 9.17) is 4.98 Å². The van der Waals surface area contributed by atoms with Gasteiger partial charge in [-0.3, -0.25) is 9.59 Å². The number of rotatable bonds is 6. The number of nitrogens with zero attached hydrogens (tertiary/aromatic N) is 4. The van der Waals surface area contributed by atoms with Crippen LogP contribution in [0.25, 0.3) is 22.0 Å². The zero-order chi connectivity index (χ0) is 23.7. The van der Waals surface area contributed by atoms with Gasteiger partial charge in [-0.25, -0.2) is 9.97 Å². The molecule has 0 saturated carbocycles. The maximum absolute atomic E-state index is 13.1. The molecular formula is C26H25N5O2S. The van der Waals surface area contributed by atoms with Gasteiger partial charge in [0, 0.05) is 44.5 Å². The molecule has 0 bridgehead atoms. The van der Waals surface area contributed by atoms with Gasteiger partial charge in [-0.1, -0.05) is 71.5 Å². The van der Waals surface area contributed by atoms with Crippen LogP contribution in [0, 0.1) is 12.8 Å². The first kappa shape index (κ1) is 22.0. The molecule has 0 radical (unpaired) electrons. The van der Waals surface area contributed by atoms with Gasteiger partial charge in [0.25, 0.3) is 0 Å². The van der Waals surface area contributed by atoms with Crippen LogP contribution in [0.3, 0.4) is 0 Å². The molecule has 3 heterocycles. The Hall–Kier alpha value is -3.78. The molecule has 172 valence electrons. The Morgan fingerprint density at radius 2 is 1.91 bits per heavy atom. The standard InChI is InChI=1S/C26H25N5O2S/c1-17-8-10-18(11-9-17)15-31-16-20(14-21(31)32)25(33)29-26-28-22(19-6-4-3-5-7-19)23(34-26)24-27-12-13-30(24)2/h3-13,20H,14-16H2,1-2H3,(H,28,29,33). The predicted molar refractivity (Wildman–Crippen MR) is 133 cm³/mol. The molecule has 0 aliphatic carbocycles. The maximum atomic E-state index is 13.1. The number of anilines is 1. The Morgan fingerprint density at radius 1 is 1.15 bits per heavy atom. The number of aryl methyl sites for hydroxylation is 2. The van der Waals surface area contributed by atoms with Crippen LogP contribution < -0.4 is 5.32 Å². The lowest BCUT2D eigenvalue weighted by Crippen LogP contribution is -2.28. The van der Waals surface area contributed by atoms with Crippen LogP contribution in [0.2, 0.25) is 0 Å². The van der Waals surface area contributed by atoms with Crippen LogP contribution in [0.1, 0.15) is 17.5 Å². The van der Waals surface area contributed by atoms with Gasteiger partial charge < -0.3 is 14.8 Å². The number of carbonyl (C=O) groups excluding carboxylic acids is 2. The van der Waals surface area contributed by atoms with Gasteiger partial charge >= 0.3 is 0 Å². The average Bonchev–Trinajstić information content (AvgIpc) is 3.54. The molecule has 1 aliphatic rings. The topological polar surface area (TPSA) is 80.1 Å². The minimum Gasteiger partial charge on any atom is -0.338 e. The van der Waals surface area contributed by atoms with Crippen molar-refractivity contribution in [1.29, 1.82) is 0 Å². The number of carbonyl (C=O) groups is 2. The smallest absolute Gasteiger partial charge is 0.231 e. The lowest BCUT2D eigenvalue weighted by molar-refractivity contribution is -0.128. The molecule has 4 aromatic rings. The highest BCUT2D eigenvalue weighted by atomic mass is 32.1. The predicted octanol–water partition coefficient (Wildman–Crippen LogP) is 4.51. The van der Waals surface area contributed by atoms with E-state index in [1.807, 2.05) is 79.3 Å². The molecule has 1 aliphatic heterocycles. The van der Waals surface area contributed by atoms with Gasteiger partial charge in [0.1, 0.15) is 0 Å². The summed E-state index contributed by atoms with van der Waals surface area (Å²) < 4.78 is 1.93. The van der Waals surface area contributed by atoms with E-state index in [1.54, 1.807) is 11.1 Å². The van der Waals surface area contributed by atoms with Crippen molar-refractivity contribution in [3.63, 3.8) is 0 Å². The van der Waals surface area contributed by atoms with Crippen LogP contribution in [0.15, 0.2) is 67.0 Å². The average molecular weight is 472 g/mol. The third-order valence-corrected chi connectivity index (χ3v) is 6.97. The molecule has 0 spiro atoms. The van der Waals surface area contributed by atoms with Crippen LogP contribution >= 0.6 is 11.3 Å². The molecule has 1 fully saturated rings. The van der Waals surface area contributed by atoms with Gasteiger partial charge in [-0.05, 0) is 12.5 Å². The molecule has 7 nitrogen and oxygen atoms in total. The normalized spacial score (nSPS) is 15.6. The van der Waals surface area contributed by atoms with E-state index in [0.29, 0.717) is 18.2 Å². The summed E-state index contributed by atoms with van der Waals surface area (Å²) in [5.41, 5.74) is 3.97. The van der Waals surface area contributed by atoms with Gasteiger partial charge in [0.05, 0.1) is 16.5 Å². The van der Waals surface area contributed by atoms with Gasteiger partial charge in [-0.2, -0.15) is 0 Å². The molecule has 2 aromatic heterocycles. The van der Waals surface area contributed by atoms with Crippen LogP contribution in [-0.2, 0) is 23.2 Å². The van der Waals surface area contributed by atoms with Crippen molar-refractivity contribution in [2.24, 2.45) is 13.0 Å². The van der Waals surface area contributed by atoms with Crippen molar-refractivity contribution < 1.29 is 9.59 Å². The summed E-state index contributed by atoms with van der Waals surface area (Å²) >= 11 is 1.39. The molecule has 2 amide bonds. The van der Waals surface area contributed by atoms with Crippen molar-refractivity contribution in [3.8, 4) is 22.0 Å². The van der Waals surface area contributed by atoms with E-state index in [1.165, 1.54) is 16.9 Å². The molecule has 5 rings (SSSR count). The molecule has 34 heavy (non-hydrogen) atoms. The van der Waals surface area contributed by atoms with E-state index in [9.17, 15) is 9.59 Å². The van der Waals surface area contributed by atoms with E-state index >= 15 is 0 Å². The van der Waals surface area contributed by atoms with Gasteiger partial charge in [0.2, 0.25) is 11.8 Å². The van der Waals surface area contributed by atoms with Crippen molar-refractivity contribution >= 4 is 28.3 Å². The first-order valence-corrected chi connectivity index (χ1v) is 12.0. The Morgan fingerprint density at radius 3 is 2.62 bits per heavy atom. The summed E-state index contributed by atoms with van der Waals surface area (Å²) in [6, 6.07) is 18.0. The van der Waals surface area contributed by atoms with Crippen LogP contribution in [-0.4, -0.2) is 37.8 Å². The molecule has 1 N–H and O–H groups in total. The largest absolute Gasteiger partial charge is 0.338 e. The first-order valence-electron chi connectivity index (χ1n) is 11.2. The zero-order valence-corrected chi connectivity index (χ0v) is 19.9. The third kappa shape index (κ3) is 4.49. The van der Waals surface area contributed by atoms with E-state index < -0.39 is 5.92 Å². The second-order valence-corrected chi connectivity index (χ2v) is 9.57. The fourth-order valence-corrected chi connectivity index (χ4v) is 5.15. The van der Waals surface area contributed by atoms with Gasteiger partial charge in [-0.15, -0.1) is 0 Å². The summed E-state index contributed by atoms with van der Waals surface area (Å²) in [5.74, 6) is 0.203. The summed E-state index contributed by atoms with van der Waals surface area (Å²) in [6.45, 7) is 2.95. The lowest BCUT2D eigenvalue weighted by atomic mass is 10.1. The van der Waals surface area contributed by atoms with Crippen molar-refractivity contribution in [1.82, 2.24) is 19.4 Å². The zero-order valence-electron chi connectivity index (χ0n) is 19.1. The highest BCUT2D eigenvalue weighted by Crippen LogP contribution is 2.38. The molecule has 8 heteroatoms. The van der Waals surface area contributed by atoms with Crippen molar-refractivity contribution in [2.75, 3.05) is 11.9 Å². The van der Waals surface area contributed by atoms with Crippen molar-refractivity contribution in [2.45, 2.75) is 19.9 Å². The van der Waals surface area contributed by atoms with E-state index in [0.717, 1.165) is 27.5 Å². The summed E-state index contributed by atoms with van der Waals surface area (Å²) in [4.78, 5) is 37.5. The number of hydrogen-bond donors (Lipinski definition) is 1. The number of aromatic nitrogens is 3. The highest BCUT2D eigenvalue weighted by molar-refractivity contribution is 7.19. The number of likely N-dealkylation sites (tertiary alicyclic amines) is 1. The number of imidazole rings is 1. The maximum Gasteiger partial charge on any atom is 0.231 e. The highest BCUT2D eigenvalue weighted by Gasteiger charge is 2.35. The van der Waals surface area contributed by atoms with E-state index in [2.05, 4.69) is 10.3 Å². The number of hydrogen-bond acceptors (Lipinski definition) is 5. The number of amides is 2. The molecule has 2 aromatic carbocycles. The van der Waals surface area contributed by atoms with Crippen LogP contribution in [0.4, 0.5) is 5.13 Å². The quantitative estimate of drug-likeness (QED) is 0.449. The third-order valence-electron chi connectivity index (χ3n) is 6.01. The number of thiazole rings is 1. The SMILES string of the molecule is Cc1ccc(CN2CC(C(=O)Nc3nc(-c4ccccc4)c(-c4nccn4C)s3)CC2=O)cc1. The van der Waals surface area contributed by atoms with Crippen molar-refractivity contribution in [3.05, 3.63) is 78.1 Å². The Kier molecular flexibility index (Phi) is 5.98. The second-order valence-electron chi connectivity index (χ2n) is 8.57. The number of benzene rings is 2.